The highest BCUT2D eigenvalue weighted by atomic mass is 16.1. The van der Waals surface area contributed by atoms with E-state index >= 15 is 0 Å². The van der Waals surface area contributed by atoms with Crippen LogP contribution in [0.5, 0.6) is 0 Å². The Kier molecular flexibility index (Phi) is 6.65. The first kappa shape index (κ1) is 12.5. The normalized spacial score (nSPS) is 15.3. The maximum Gasteiger partial charge on any atom is 0.220 e. The number of hydrogen-bond acceptors (Lipinski definition) is 1. The van der Waals surface area contributed by atoms with Gasteiger partial charge in [0.25, 0.3) is 0 Å². The number of hydrogen-bond donors (Lipinski definition) is 1. The molecule has 0 aliphatic heterocycles. The molecule has 0 aromatic rings. The van der Waals surface area contributed by atoms with E-state index in [1.165, 1.54) is 0 Å². The maximum absolute atomic E-state index is 11.1. The van der Waals surface area contributed by atoms with Crippen LogP contribution in [0.3, 0.4) is 0 Å². The fourth-order valence-electron chi connectivity index (χ4n) is 1.79. The zero-order valence-electron chi connectivity index (χ0n) is 9.18. The van der Waals surface area contributed by atoms with Gasteiger partial charge in [0.1, 0.15) is 0 Å². The number of carbonyl (C=O) groups excluding carboxylic acids is 1. The molecule has 0 aromatic heterocycles. The summed E-state index contributed by atoms with van der Waals surface area (Å²) in [4.78, 5) is 11.1. The van der Waals surface area contributed by atoms with Crippen molar-refractivity contribution in [3.05, 3.63) is 0 Å². The minimum atomic E-state index is -0.116. The predicted octanol–water partition coefficient (Wildman–Crippen LogP) is 2.71. The van der Waals surface area contributed by atoms with E-state index in [4.69, 9.17) is 5.73 Å². The second-order valence-corrected chi connectivity index (χ2v) is 3.92. The highest BCUT2D eigenvalue weighted by molar-refractivity contribution is 5.76. The second-order valence-electron chi connectivity index (χ2n) is 3.92. The Balaban J connectivity index is 3.99. The standard InChI is InChI=1S/C11H23NO/c1-4-6-8-10(11(12)13)9(3)7-5-2/h9-10H,4-8H2,1-3H3,(H2,12,13). The third-order valence-electron chi connectivity index (χ3n) is 2.67. The van der Waals surface area contributed by atoms with E-state index in [-0.39, 0.29) is 11.8 Å². The van der Waals surface area contributed by atoms with Crippen LogP contribution in [0.25, 0.3) is 0 Å². The van der Waals surface area contributed by atoms with Crippen LogP contribution in [-0.4, -0.2) is 5.91 Å². The van der Waals surface area contributed by atoms with Gasteiger partial charge in [-0.3, -0.25) is 4.79 Å². The molecule has 0 aliphatic rings. The molecule has 2 nitrogen and oxygen atoms in total. The number of amides is 1. The Morgan fingerprint density at radius 1 is 1.23 bits per heavy atom. The SMILES string of the molecule is CCCCC(C(N)=O)C(C)CCC. The summed E-state index contributed by atoms with van der Waals surface area (Å²) in [5, 5.41) is 0. The predicted molar refractivity (Wildman–Crippen MR) is 56.3 cm³/mol. The summed E-state index contributed by atoms with van der Waals surface area (Å²) in [6.45, 7) is 6.42. The van der Waals surface area contributed by atoms with E-state index in [2.05, 4.69) is 20.8 Å². The average molecular weight is 185 g/mol. The molecule has 0 fully saturated rings. The van der Waals surface area contributed by atoms with Crippen molar-refractivity contribution >= 4 is 5.91 Å². The number of carbonyl (C=O) groups is 1. The maximum atomic E-state index is 11.1. The Bertz CT molecular complexity index is 145. The lowest BCUT2D eigenvalue weighted by atomic mass is 9.86. The van der Waals surface area contributed by atoms with E-state index < -0.39 is 0 Å². The first-order valence-electron chi connectivity index (χ1n) is 5.42. The van der Waals surface area contributed by atoms with Crippen LogP contribution in [-0.2, 0) is 4.79 Å². The van der Waals surface area contributed by atoms with Gasteiger partial charge in [-0.25, -0.2) is 0 Å². The van der Waals surface area contributed by atoms with Gasteiger partial charge in [-0.15, -0.1) is 0 Å². The molecule has 2 unspecified atom stereocenters. The molecule has 2 N–H and O–H groups in total. The third-order valence-corrected chi connectivity index (χ3v) is 2.67. The molecular formula is C11H23NO. The molecule has 0 saturated carbocycles. The molecule has 0 heterocycles. The van der Waals surface area contributed by atoms with Crippen LogP contribution in [0.2, 0.25) is 0 Å². The molecule has 1 amide bonds. The largest absolute Gasteiger partial charge is 0.369 e. The van der Waals surface area contributed by atoms with Crippen LogP contribution < -0.4 is 5.73 Å². The van der Waals surface area contributed by atoms with Gasteiger partial charge < -0.3 is 5.73 Å². The van der Waals surface area contributed by atoms with Crippen molar-refractivity contribution in [3.8, 4) is 0 Å². The van der Waals surface area contributed by atoms with Crippen molar-refractivity contribution in [1.29, 1.82) is 0 Å². The fraction of sp³-hybridized carbons (Fsp3) is 0.909. The van der Waals surface area contributed by atoms with Crippen LogP contribution in [0.1, 0.15) is 52.9 Å². The van der Waals surface area contributed by atoms with Gasteiger partial charge in [-0.05, 0) is 12.3 Å². The summed E-state index contributed by atoms with van der Waals surface area (Å²) in [5.41, 5.74) is 5.37. The summed E-state index contributed by atoms with van der Waals surface area (Å²) in [6, 6.07) is 0. The van der Waals surface area contributed by atoms with E-state index in [1.54, 1.807) is 0 Å². The number of primary amides is 1. The lowest BCUT2D eigenvalue weighted by Crippen LogP contribution is -2.28. The summed E-state index contributed by atoms with van der Waals surface area (Å²) in [7, 11) is 0. The van der Waals surface area contributed by atoms with Crippen molar-refractivity contribution in [2.75, 3.05) is 0 Å². The smallest absolute Gasteiger partial charge is 0.220 e. The van der Waals surface area contributed by atoms with E-state index in [9.17, 15) is 4.79 Å². The Morgan fingerprint density at radius 2 is 1.85 bits per heavy atom. The third kappa shape index (κ3) is 4.91. The molecule has 0 radical (unpaired) electrons. The highest BCUT2D eigenvalue weighted by Crippen LogP contribution is 2.22. The van der Waals surface area contributed by atoms with Gasteiger partial charge in [0.05, 0.1) is 0 Å². The Hall–Kier alpha value is -0.530. The zero-order valence-corrected chi connectivity index (χ0v) is 9.18. The zero-order chi connectivity index (χ0) is 10.3. The van der Waals surface area contributed by atoms with Crippen LogP contribution in [0.15, 0.2) is 0 Å². The minimum Gasteiger partial charge on any atom is -0.369 e. The van der Waals surface area contributed by atoms with Gasteiger partial charge >= 0.3 is 0 Å². The molecule has 2 heteroatoms. The van der Waals surface area contributed by atoms with Crippen molar-refractivity contribution in [2.45, 2.75) is 52.9 Å². The quantitative estimate of drug-likeness (QED) is 0.651. The topological polar surface area (TPSA) is 43.1 Å². The molecule has 2 atom stereocenters. The molecular weight excluding hydrogens is 162 g/mol. The molecule has 78 valence electrons. The molecule has 0 aliphatic carbocycles. The van der Waals surface area contributed by atoms with Crippen LogP contribution in [0.4, 0.5) is 0 Å². The molecule has 13 heavy (non-hydrogen) atoms. The van der Waals surface area contributed by atoms with E-state index in [0.717, 1.165) is 32.1 Å². The summed E-state index contributed by atoms with van der Waals surface area (Å²) >= 11 is 0. The van der Waals surface area contributed by atoms with Gasteiger partial charge in [0.15, 0.2) is 0 Å². The van der Waals surface area contributed by atoms with Crippen LogP contribution >= 0.6 is 0 Å². The lowest BCUT2D eigenvalue weighted by Gasteiger charge is -2.20. The van der Waals surface area contributed by atoms with E-state index in [1.807, 2.05) is 0 Å². The first-order chi connectivity index (χ1) is 6.13. The molecule has 0 spiro atoms. The van der Waals surface area contributed by atoms with Gasteiger partial charge in [-0.1, -0.05) is 46.5 Å². The van der Waals surface area contributed by atoms with E-state index in [0.29, 0.717) is 5.92 Å². The Labute approximate surface area is 81.9 Å². The van der Waals surface area contributed by atoms with Crippen molar-refractivity contribution in [3.63, 3.8) is 0 Å². The number of nitrogens with two attached hydrogens (primary N) is 1. The first-order valence-corrected chi connectivity index (χ1v) is 5.42. The molecule has 0 rings (SSSR count). The van der Waals surface area contributed by atoms with Crippen molar-refractivity contribution in [2.24, 2.45) is 17.6 Å². The lowest BCUT2D eigenvalue weighted by molar-refractivity contribution is -0.123. The van der Waals surface area contributed by atoms with Gasteiger partial charge in [0, 0.05) is 5.92 Å². The monoisotopic (exact) mass is 185 g/mol. The summed E-state index contributed by atoms with van der Waals surface area (Å²) in [5.74, 6) is 0.434. The van der Waals surface area contributed by atoms with Crippen molar-refractivity contribution < 1.29 is 4.79 Å². The minimum absolute atomic E-state index is 0.0971. The Morgan fingerprint density at radius 3 is 2.23 bits per heavy atom. The van der Waals surface area contributed by atoms with Gasteiger partial charge in [0.2, 0.25) is 5.91 Å². The van der Waals surface area contributed by atoms with Crippen molar-refractivity contribution in [1.82, 2.24) is 0 Å². The second kappa shape index (κ2) is 6.93. The number of rotatable bonds is 7. The van der Waals surface area contributed by atoms with Gasteiger partial charge in [-0.2, -0.15) is 0 Å². The average Bonchev–Trinajstić information content (AvgIpc) is 2.05. The highest BCUT2D eigenvalue weighted by Gasteiger charge is 2.21. The summed E-state index contributed by atoms with van der Waals surface area (Å²) in [6.07, 6.45) is 5.46. The fourth-order valence-corrected chi connectivity index (χ4v) is 1.79. The molecule has 0 aromatic carbocycles. The summed E-state index contributed by atoms with van der Waals surface area (Å²) < 4.78 is 0. The molecule has 0 saturated heterocycles. The van der Waals surface area contributed by atoms with Crippen LogP contribution in [0, 0.1) is 11.8 Å². The molecule has 0 bridgehead atoms. The number of unbranched alkanes of at least 4 members (excludes halogenated alkanes) is 1.